The zero-order valence-corrected chi connectivity index (χ0v) is 6.13. The highest BCUT2D eigenvalue weighted by Gasteiger charge is 1.96. The van der Waals surface area contributed by atoms with E-state index in [9.17, 15) is 0 Å². The molecule has 0 fully saturated rings. The first-order valence-corrected chi connectivity index (χ1v) is 3.05. The fourth-order valence-corrected chi connectivity index (χ4v) is 0.640. The van der Waals surface area contributed by atoms with Crippen molar-refractivity contribution < 1.29 is 0 Å². The summed E-state index contributed by atoms with van der Waals surface area (Å²) >= 11 is 0. The standard InChI is InChI=1S/C7H8N4/c1-2-3-5-4-10-7(9)11-6(5)8/h4H,1H3,(H4,8,9,10,11). The Balaban J connectivity index is 3.16. The third-order valence-electron chi connectivity index (χ3n) is 1.10. The van der Waals surface area contributed by atoms with E-state index in [1.807, 2.05) is 0 Å². The smallest absolute Gasteiger partial charge is 0.221 e. The molecule has 0 unspecified atom stereocenters. The van der Waals surface area contributed by atoms with Crippen molar-refractivity contribution in [3.8, 4) is 11.8 Å². The molecule has 0 spiro atoms. The SMILES string of the molecule is CC#Cc1cnc(N)nc1N. The van der Waals surface area contributed by atoms with Gasteiger partial charge in [-0.1, -0.05) is 5.92 Å². The van der Waals surface area contributed by atoms with E-state index in [-0.39, 0.29) is 5.95 Å². The first-order valence-electron chi connectivity index (χ1n) is 3.05. The molecule has 0 aliphatic heterocycles. The monoisotopic (exact) mass is 148 g/mol. The van der Waals surface area contributed by atoms with Crippen LogP contribution < -0.4 is 11.5 Å². The second kappa shape index (κ2) is 2.88. The van der Waals surface area contributed by atoms with Gasteiger partial charge in [0, 0.05) is 0 Å². The van der Waals surface area contributed by atoms with E-state index in [0.717, 1.165) is 0 Å². The van der Waals surface area contributed by atoms with Crippen molar-refractivity contribution in [2.24, 2.45) is 0 Å². The molecule has 0 atom stereocenters. The quantitative estimate of drug-likeness (QED) is 0.508. The molecule has 0 bridgehead atoms. The van der Waals surface area contributed by atoms with Gasteiger partial charge in [-0.25, -0.2) is 4.98 Å². The van der Waals surface area contributed by atoms with Crippen LogP contribution in [0.2, 0.25) is 0 Å². The van der Waals surface area contributed by atoms with E-state index in [0.29, 0.717) is 11.4 Å². The van der Waals surface area contributed by atoms with Gasteiger partial charge in [0.15, 0.2) is 0 Å². The Labute approximate surface area is 64.6 Å². The van der Waals surface area contributed by atoms with Crippen LogP contribution >= 0.6 is 0 Å². The fraction of sp³-hybridized carbons (Fsp3) is 0.143. The number of nitrogens with two attached hydrogens (primary N) is 2. The molecule has 56 valence electrons. The lowest BCUT2D eigenvalue weighted by molar-refractivity contribution is 1.18. The topological polar surface area (TPSA) is 77.8 Å². The van der Waals surface area contributed by atoms with E-state index >= 15 is 0 Å². The maximum Gasteiger partial charge on any atom is 0.221 e. The van der Waals surface area contributed by atoms with Crippen molar-refractivity contribution in [2.45, 2.75) is 6.92 Å². The largest absolute Gasteiger partial charge is 0.382 e. The maximum atomic E-state index is 5.47. The minimum Gasteiger partial charge on any atom is -0.382 e. The second-order valence-electron chi connectivity index (χ2n) is 1.90. The minimum absolute atomic E-state index is 0.171. The summed E-state index contributed by atoms with van der Waals surface area (Å²) in [5.74, 6) is 5.94. The molecule has 0 saturated heterocycles. The summed E-state index contributed by atoms with van der Waals surface area (Å²) in [7, 11) is 0. The summed E-state index contributed by atoms with van der Waals surface area (Å²) in [4.78, 5) is 7.48. The van der Waals surface area contributed by atoms with E-state index < -0.39 is 0 Å². The van der Waals surface area contributed by atoms with Gasteiger partial charge in [-0.2, -0.15) is 4.98 Å². The molecule has 0 amide bonds. The molecule has 1 heterocycles. The van der Waals surface area contributed by atoms with Gasteiger partial charge in [0.2, 0.25) is 5.95 Å². The van der Waals surface area contributed by atoms with Crippen LogP contribution in [-0.2, 0) is 0 Å². The lowest BCUT2D eigenvalue weighted by Gasteiger charge is -1.95. The first kappa shape index (κ1) is 7.35. The van der Waals surface area contributed by atoms with E-state index in [2.05, 4.69) is 21.8 Å². The molecule has 11 heavy (non-hydrogen) atoms. The number of anilines is 2. The minimum atomic E-state index is 0.171. The van der Waals surface area contributed by atoms with Crippen molar-refractivity contribution in [3.05, 3.63) is 11.8 Å². The van der Waals surface area contributed by atoms with Crippen LogP contribution in [0.25, 0.3) is 0 Å². The molecule has 4 nitrogen and oxygen atoms in total. The average molecular weight is 148 g/mol. The van der Waals surface area contributed by atoms with Gasteiger partial charge in [0.05, 0.1) is 11.8 Å². The molecule has 1 aromatic rings. The molecule has 0 aromatic carbocycles. The Morgan fingerprint density at radius 1 is 1.45 bits per heavy atom. The third kappa shape index (κ3) is 1.58. The number of hydrogen-bond donors (Lipinski definition) is 2. The van der Waals surface area contributed by atoms with Gasteiger partial charge in [-0.15, -0.1) is 5.92 Å². The molecule has 4 heteroatoms. The molecule has 1 rings (SSSR count). The Kier molecular flexibility index (Phi) is 1.93. The van der Waals surface area contributed by atoms with Crippen LogP contribution in [0.1, 0.15) is 12.5 Å². The van der Waals surface area contributed by atoms with Crippen molar-refractivity contribution >= 4 is 11.8 Å². The van der Waals surface area contributed by atoms with Crippen LogP contribution in [0.15, 0.2) is 6.20 Å². The zero-order chi connectivity index (χ0) is 8.27. The molecule has 0 aliphatic carbocycles. The third-order valence-corrected chi connectivity index (χ3v) is 1.10. The average Bonchev–Trinajstić information content (AvgIpc) is 1.95. The van der Waals surface area contributed by atoms with Crippen LogP contribution in [0.4, 0.5) is 11.8 Å². The van der Waals surface area contributed by atoms with E-state index in [4.69, 9.17) is 11.5 Å². The van der Waals surface area contributed by atoms with E-state index in [1.165, 1.54) is 6.20 Å². The summed E-state index contributed by atoms with van der Waals surface area (Å²) in [6.07, 6.45) is 1.51. The highest BCUT2D eigenvalue weighted by Crippen LogP contribution is 2.05. The summed E-state index contributed by atoms with van der Waals surface area (Å²) in [5.41, 5.74) is 11.4. The van der Waals surface area contributed by atoms with Gasteiger partial charge in [0.25, 0.3) is 0 Å². The van der Waals surface area contributed by atoms with Gasteiger partial charge in [0.1, 0.15) is 5.82 Å². The summed E-state index contributed by atoms with van der Waals surface area (Å²) in [5, 5.41) is 0. The maximum absolute atomic E-state index is 5.47. The van der Waals surface area contributed by atoms with Crippen molar-refractivity contribution in [2.75, 3.05) is 11.5 Å². The molecule has 0 aliphatic rings. The predicted molar refractivity (Wildman–Crippen MR) is 43.4 cm³/mol. The van der Waals surface area contributed by atoms with Gasteiger partial charge < -0.3 is 11.5 Å². The van der Waals surface area contributed by atoms with Crippen molar-refractivity contribution in [1.82, 2.24) is 9.97 Å². The number of nitrogen functional groups attached to an aromatic ring is 2. The van der Waals surface area contributed by atoms with Crippen LogP contribution in [-0.4, -0.2) is 9.97 Å². The number of aromatic nitrogens is 2. The lowest BCUT2D eigenvalue weighted by Crippen LogP contribution is -2.01. The first-order chi connectivity index (χ1) is 5.24. The highest BCUT2D eigenvalue weighted by molar-refractivity contribution is 5.51. The Morgan fingerprint density at radius 3 is 2.73 bits per heavy atom. The highest BCUT2D eigenvalue weighted by atomic mass is 15.0. The van der Waals surface area contributed by atoms with Crippen LogP contribution in [0, 0.1) is 11.8 Å². The number of rotatable bonds is 0. The molecule has 4 N–H and O–H groups in total. The molecule has 0 radical (unpaired) electrons. The number of nitrogens with zero attached hydrogens (tertiary/aromatic N) is 2. The zero-order valence-electron chi connectivity index (χ0n) is 6.13. The van der Waals surface area contributed by atoms with Crippen molar-refractivity contribution in [1.29, 1.82) is 0 Å². The summed E-state index contributed by atoms with van der Waals surface area (Å²) in [6.45, 7) is 1.72. The van der Waals surface area contributed by atoms with Gasteiger partial charge in [-0.05, 0) is 6.92 Å². The van der Waals surface area contributed by atoms with Gasteiger partial charge in [-0.3, -0.25) is 0 Å². The summed E-state index contributed by atoms with van der Waals surface area (Å²) < 4.78 is 0. The Morgan fingerprint density at radius 2 is 2.18 bits per heavy atom. The molecular weight excluding hydrogens is 140 g/mol. The number of hydrogen-bond acceptors (Lipinski definition) is 4. The fourth-order valence-electron chi connectivity index (χ4n) is 0.640. The van der Waals surface area contributed by atoms with Gasteiger partial charge >= 0.3 is 0 Å². The molecule has 1 aromatic heterocycles. The predicted octanol–water partition coefficient (Wildman–Crippen LogP) is 0.0124. The van der Waals surface area contributed by atoms with Crippen molar-refractivity contribution in [3.63, 3.8) is 0 Å². The van der Waals surface area contributed by atoms with Crippen LogP contribution in [0.5, 0.6) is 0 Å². The Hall–Kier alpha value is -1.76. The molecular formula is C7H8N4. The van der Waals surface area contributed by atoms with Crippen LogP contribution in [0.3, 0.4) is 0 Å². The lowest BCUT2D eigenvalue weighted by atomic mass is 10.3. The molecule has 0 saturated carbocycles. The van der Waals surface area contributed by atoms with E-state index in [1.54, 1.807) is 6.92 Å². The summed E-state index contributed by atoms with van der Waals surface area (Å²) in [6, 6.07) is 0. The normalized spacial score (nSPS) is 8.45. The Bertz CT molecular complexity index is 321. The second-order valence-corrected chi connectivity index (χ2v) is 1.90.